The Morgan fingerprint density at radius 1 is 1.14 bits per heavy atom. The maximum absolute atomic E-state index is 2.25. The van der Waals surface area contributed by atoms with Crippen molar-refractivity contribution in [2.24, 2.45) is 5.92 Å². The van der Waals surface area contributed by atoms with Gasteiger partial charge >= 0.3 is 19.5 Å². The van der Waals surface area contributed by atoms with Gasteiger partial charge in [0.15, 0.2) is 0 Å². The molecule has 14 heavy (non-hydrogen) atoms. The molecule has 2 heteroatoms. The summed E-state index contributed by atoms with van der Waals surface area (Å²) in [7, 11) is 0. The summed E-state index contributed by atoms with van der Waals surface area (Å²) < 4.78 is 0. The van der Waals surface area contributed by atoms with Crippen molar-refractivity contribution in [2.75, 3.05) is 0 Å². The van der Waals surface area contributed by atoms with Gasteiger partial charge in [-0.2, -0.15) is 24.1 Å². The van der Waals surface area contributed by atoms with E-state index in [9.17, 15) is 0 Å². The molecule has 0 aliphatic rings. The number of hydrogen-bond acceptors (Lipinski definition) is 0. The fourth-order valence-electron chi connectivity index (χ4n) is 1.32. The van der Waals surface area contributed by atoms with Gasteiger partial charge < -0.3 is 12.4 Å². The molecule has 0 nitrogen and oxygen atoms in total. The molecule has 0 saturated carbocycles. The third-order valence-corrected chi connectivity index (χ3v) is 1.96. The van der Waals surface area contributed by atoms with Gasteiger partial charge in [0.25, 0.3) is 0 Å². The number of benzene rings is 1. The fraction of sp³-hybridized carbons (Fsp3) is 0.417. The molecule has 74 valence electrons. The van der Waals surface area contributed by atoms with E-state index in [-0.39, 0.29) is 31.9 Å². The first-order valence-electron chi connectivity index (χ1n) is 4.60. The Morgan fingerprint density at radius 2 is 1.64 bits per heavy atom. The van der Waals surface area contributed by atoms with Crippen molar-refractivity contribution in [2.45, 2.75) is 27.2 Å². The van der Waals surface area contributed by atoms with Gasteiger partial charge in [0.1, 0.15) is 0 Å². The van der Waals surface area contributed by atoms with Crippen LogP contribution in [0.5, 0.6) is 0 Å². The smallest absolute Gasteiger partial charge is 1.00 e. The van der Waals surface area contributed by atoms with Gasteiger partial charge in [-0.05, 0) is 12.3 Å². The van der Waals surface area contributed by atoms with Crippen LogP contribution in [0.1, 0.15) is 31.9 Å². The molecular weight excluding hydrogens is 245 g/mol. The van der Waals surface area contributed by atoms with Crippen LogP contribution in [0.25, 0.3) is 0 Å². The van der Waals surface area contributed by atoms with Crippen LogP contribution in [0.4, 0.5) is 0 Å². The molecule has 0 radical (unpaired) electrons. The van der Waals surface area contributed by atoms with E-state index < -0.39 is 0 Å². The number of halogens is 1. The van der Waals surface area contributed by atoms with Crippen LogP contribution < -0.4 is 12.4 Å². The summed E-state index contributed by atoms with van der Waals surface area (Å²) in [4.78, 5) is 0. The molecule has 0 spiro atoms. The standard InChI is InChI=1S/C12H17.ClH.Zn/c1-4-11-5-7-12(8-6-11)9-10(2)3;;/h4-8,10H,9H2,1-3H3;1H;/q-1;;+2/p-1. The van der Waals surface area contributed by atoms with Gasteiger partial charge in [-0.25, -0.2) is 0 Å². The van der Waals surface area contributed by atoms with Gasteiger partial charge in [-0.3, -0.25) is 0 Å². The zero-order valence-electron chi connectivity index (χ0n) is 9.26. The summed E-state index contributed by atoms with van der Waals surface area (Å²) in [6, 6.07) is 8.79. The molecule has 0 aliphatic heterocycles. The molecule has 0 aliphatic carbocycles. The van der Waals surface area contributed by atoms with Crippen molar-refractivity contribution in [3.63, 3.8) is 0 Å². The normalized spacial score (nSPS) is 8.86. The number of hydrogen-bond donors (Lipinski definition) is 0. The van der Waals surface area contributed by atoms with E-state index in [2.05, 4.69) is 51.5 Å². The van der Waals surface area contributed by atoms with Crippen LogP contribution in [0, 0.1) is 12.3 Å². The zero-order chi connectivity index (χ0) is 8.97. The summed E-state index contributed by atoms with van der Waals surface area (Å²) >= 11 is 0. The summed E-state index contributed by atoms with van der Waals surface area (Å²) in [5.74, 6) is 0.751. The molecule has 0 saturated heterocycles. The third-order valence-electron chi connectivity index (χ3n) is 1.96. The molecule has 1 aromatic carbocycles. The molecule has 0 atom stereocenters. The average Bonchev–Trinajstić information content (AvgIpc) is 2.05. The van der Waals surface area contributed by atoms with Crippen molar-refractivity contribution in [3.8, 4) is 0 Å². The first-order chi connectivity index (χ1) is 5.72. The first kappa shape index (κ1) is 16.4. The van der Waals surface area contributed by atoms with Crippen molar-refractivity contribution < 1.29 is 31.9 Å². The summed E-state index contributed by atoms with van der Waals surface area (Å²) in [6.45, 7) is 6.57. The Balaban J connectivity index is 0. The average molecular weight is 262 g/mol. The second kappa shape index (κ2) is 8.32. The summed E-state index contributed by atoms with van der Waals surface area (Å²) in [5, 5.41) is 0. The van der Waals surface area contributed by atoms with Crippen molar-refractivity contribution in [1.82, 2.24) is 0 Å². The van der Waals surface area contributed by atoms with Gasteiger partial charge in [0.05, 0.1) is 0 Å². The monoisotopic (exact) mass is 260 g/mol. The van der Waals surface area contributed by atoms with Crippen LogP contribution in [0.15, 0.2) is 24.3 Å². The molecule has 0 aromatic heterocycles. The minimum atomic E-state index is 0. The molecule has 0 heterocycles. The van der Waals surface area contributed by atoms with Gasteiger partial charge in [0, 0.05) is 0 Å². The van der Waals surface area contributed by atoms with Gasteiger partial charge in [-0.1, -0.05) is 26.3 Å². The second-order valence-corrected chi connectivity index (χ2v) is 3.63. The predicted octanol–water partition coefficient (Wildman–Crippen LogP) is 0.459. The summed E-state index contributed by atoms with van der Waals surface area (Å²) in [5.41, 5.74) is 2.75. The fourth-order valence-corrected chi connectivity index (χ4v) is 1.32. The Morgan fingerprint density at radius 3 is 2.00 bits per heavy atom. The quantitative estimate of drug-likeness (QED) is 0.548. The first-order valence-corrected chi connectivity index (χ1v) is 4.60. The van der Waals surface area contributed by atoms with E-state index in [4.69, 9.17) is 0 Å². The zero-order valence-corrected chi connectivity index (χ0v) is 13.0. The van der Waals surface area contributed by atoms with E-state index in [0.717, 1.165) is 5.92 Å². The maximum Gasteiger partial charge on any atom is 2.00 e. The second-order valence-electron chi connectivity index (χ2n) is 3.63. The van der Waals surface area contributed by atoms with Gasteiger partial charge in [0.2, 0.25) is 0 Å². The Labute approximate surface area is 107 Å². The van der Waals surface area contributed by atoms with Gasteiger partial charge in [-0.15, -0.1) is 12.1 Å². The van der Waals surface area contributed by atoms with Crippen molar-refractivity contribution in [1.29, 1.82) is 0 Å². The summed E-state index contributed by atoms with van der Waals surface area (Å²) in [6.07, 6.45) is 3.31. The van der Waals surface area contributed by atoms with Crippen LogP contribution in [0.2, 0.25) is 0 Å². The number of rotatable bonds is 3. The van der Waals surface area contributed by atoms with Crippen molar-refractivity contribution >= 4 is 0 Å². The van der Waals surface area contributed by atoms with Crippen LogP contribution in [0.3, 0.4) is 0 Å². The molecule has 0 bridgehead atoms. The minimum Gasteiger partial charge on any atom is -1.00 e. The minimum absolute atomic E-state index is 0. The topological polar surface area (TPSA) is 0 Å². The van der Waals surface area contributed by atoms with E-state index in [1.165, 1.54) is 17.5 Å². The predicted molar refractivity (Wildman–Crippen MR) is 54.1 cm³/mol. The van der Waals surface area contributed by atoms with Crippen LogP contribution in [-0.4, -0.2) is 0 Å². The Hall–Kier alpha value is 0.00338. The van der Waals surface area contributed by atoms with E-state index in [0.29, 0.717) is 0 Å². The molecule has 0 amide bonds. The molecule has 0 unspecified atom stereocenters. The van der Waals surface area contributed by atoms with Crippen LogP contribution in [-0.2, 0) is 25.9 Å². The van der Waals surface area contributed by atoms with E-state index in [1.807, 2.05) is 0 Å². The maximum atomic E-state index is 2.25. The largest absolute Gasteiger partial charge is 2.00 e. The molecule has 1 aromatic rings. The van der Waals surface area contributed by atoms with E-state index >= 15 is 0 Å². The molecule has 0 fully saturated rings. The molecule has 0 N–H and O–H groups in total. The molecule has 1 rings (SSSR count). The third kappa shape index (κ3) is 5.67. The van der Waals surface area contributed by atoms with Crippen LogP contribution >= 0.6 is 0 Å². The Kier molecular flexibility index (Phi) is 9.77. The SMILES string of the molecule is C[CH-]c1ccc(CC(C)C)cc1.[Cl-].[Zn+2]. The Bertz CT molecular complexity index is 229. The van der Waals surface area contributed by atoms with Crippen molar-refractivity contribution in [3.05, 3.63) is 41.8 Å². The van der Waals surface area contributed by atoms with E-state index in [1.54, 1.807) is 0 Å². The molecular formula is C12H17ClZn.